The van der Waals surface area contributed by atoms with Crippen molar-refractivity contribution in [2.24, 2.45) is 0 Å². The van der Waals surface area contributed by atoms with Gasteiger partial charge in [0.15, 0.2) is 0 Å². The van der Waals surface area contributed by atoms with Crippen molar-refractivity contribution >= 4 is 11.9 Å². The zero-order chi connectivity index (χ0) is 19.3. The summed E-state index contributed by atoms with van der Waals surface area (Å²) < 4.78 is 48.6. The Labute approximate surface area is 148 Å². The molecule has 2 aromatic rings. The highest BCUT2D eigenvalue weighted by Crippen LogP contribution is 2.32. The number of halogens is 3. The van der Waals surface area contributed by atoms with Crippen molar-refractivity contribution in [1.29, 1.82) is 0 Å². The third-order valence-electron chi connectivity index (χ3n) is 3.53. The number of hydrogen-bond donors (Lipinski definition) is 0. The molecule has 0 heterocycles. The Balaban J connectivity index is 2.53. The van der Waals surface area contributed by atoms with E-state index in [1.807, 2.05) is 0 Å². The summed E-state index contributed by atoms with van der Waals surface area (Å²) >= 11 is 0. The van der Waals surface area contributed by atoms with Crippen molar-refractivity contribution in [2.45, 2.75) is 20.0 Å². The van der Waals surface area contributed by atoms with Gasteiger partial charge >= 0.3 is 18.1 Å². The van der Waals surface area contributed by atoms with Crippen LogP contribution in [0.3, 0.4) is 0 Å². The zero-order valence-electron chi connectivity index (χ0n) is 14.2. The summed E-state index contributed by atoms with van der Waals surface area (Å²) in [4.78, 5) is 24.2. The van der Waals surface area contributed by atoms with E-state index in [2.05, 4.69) is 0 Å². The zero-order valence-corrected chi connectivity index (χ0v) is 14.2. The van der Waals surface area contributed by atoms with Crippen LogP contribution in [0.5, 0.6) is 0 Å². The Morgan fingerprint density at radius 3 is 2.00 bits per heavy atom. The number of carbonyl (C=O) groups is 2. The molecule has 0 radical (unpaired) electrons. The molecule has 2 rings (SSSR count). The van der Waals surface area contributed by atoms with Crippen LogP contribution in [-0.2, 0) is 15.7 Å². The van der Waals surface area contributed by atoms with Crippen LogP contribution >= 0.6 is 0 Å². The van der Waals surface area contributed by atoms with Crippen LogP contribution in [0, 0.1) is 0 Å². The lowest BCUT2D eigenvalue weighted by molar-refractivity contribution is -0.137. The summed E-state index contributed by atoms with van der Waals surface area (Å²) in [5, 5.41) is 0. The quantitative estimate of drug-likeness (QED) is 0.718. The fourth-order valence-electron chi connectivity index (χ4n) is 2.36. The molecule has 2 aromatic carbocycles. The van der Waals surface area contributed by atoms with Crippen molar-refractivity contribution in [3.05, 3.63) is 59.2 Å². The minimum absolute atomic E-state index is 0.000950. The molecule has 4 nitrogen and oxygen atoms in total. The van der Waals surface area contributed by atoms with E-state index in [1.165, 1.54) is 30.3 Å². The van der Waals surface area contributed by atoms with Crippen molar-refractivity contribution in [1.82, 2.24) is 0 Å². The van der Waals surface area contributed by atoms with Gasteiger partial charge in [0.25, 0.3) is 0 Å². The molecule has 0 bridgehead atoms. The summed E-state index contributed by atoms with van der Waals surface area (Å²) in [5.41, 5.74) is -0.239. The van der Waals surface area contributed by atoms with Crippen LogP contribution in [0.15, 0.2) is 42.5 Å². The van der Waals surface area contributed by atoms with Crippen molar-refractivity contribution in [2.75, 3.05) is 13.2 Å². The van der Waals surface area contributed by atoms with Gasteiger partial charge in [0.2, 0.25) is 0 Å². The smallest absolute Gasteiger partial charge is 0.416 e. The largest absolute Gasteiger partial charge is 0.462 e. The van der Waals surface area contributed by atoms with Gasteiger partial charge in [0.05, 0.1) is 29.9 Å². The molecule has 0 fully saturated rings. The first-order chi connectivity index (χ1) is 12.3. The molecule has 0 aromatic heterocycles. The number of rotatable bonds is 5. The number of ether oxygens (including phenoxy) is 2. The lowest BCUT2D eigenvalue weighted by atomic mass is 9.97. The van der Waals surface area contributed by atoms with Gasteiger partial charge in [-0.05, 0) is 49.2 Å². The summed E-state index contributed by atoms with van der Waals surface area (Å²) in [6.07, 6.45) is -4.48. The van der Waals surface area contributed by atoms with Crippen LogP contribution in [0.1, 0.15) is 40.1 Å². The van der Waals surface area contributed by atoms with E-state index in [0.717, 1.165) is 12.1 Å². The Morgan fingerprint density at radius 2 is 1.42 bits per heavy atom. The predicted molar refractivity (Wildman–Crippen MR) is 88.8 cm³/mol. The van der Waals surface area contributed by atoms with E-state index < -0.39 is 23.7 Å². The second-order valence-corrected chi connectivity index (χ2v) is 5.28. The Kier molecular flexibility index (Phi) is 6.02. The van der Waals surface area contributed by atoms with Gasteiger partial charge in [0.1, 0.15) is 0 Å². The van der Waals surface area contributed by atoms with Gasteiger partial charge in [-0.2, -0.15) is 13.2 Å². The fourth-order valence-corrected chi connectivity index (χ4v) is 2.36. The third kappa shape index (κ3) is 4.41. The van der Waals surface area contributed by atoms with Crippen molar-refractivity contribution in [3.63, 3.8) is 0 Å². The van der Waals surface area contributed by atoms with Crippen LogP contribution < -0.4 is 0 Å². The highest BCUT2D eigenvalue weighted by molar-refractivity contribution is 6.04. The number of carbonyl (C=O) groups excluding carboxylic acids is 2. The van der Waals surface area contributed by atoms with Gasteiger partial charge in [-0.1, -0.05) is 18.2 Å². The second kappa shape index (κ2) is 8.03. The highest BCUT2D eigenvalue weighted by Gasteiger charge is 2.30. The van der Waals surface area contributed by atoms with Crippen LogP contribution in [0.2, 0.25) is 0 Å². The van der Waals surface area contributed by atoms with Crippen LogP contribution in [-0.4, -0.2) is 25.2 Å². The van der Waals surface area contributed by atoms with Crippen molar-refractivity contribution < 1.29 is 32.2 Å². The predicted octanol–water partition coefficient (Wildman–Crippen LogP) is 4.73. The molecule has 0 saturated carbocycles. The Hall–Kier alpha value is -2.83. The normalized spacial score (nSPS) is 11.1. The maximum atomic E-state index is 12.9. The monoisotopic (exact) mass is 366 g/mol. The average molecular weight is 366 g/mol. The molecular formula is C19H17F3O4. The van der Waals surface area contributed by atoms with E-state index in [0.29, 0.717) is 5.56 Å². The first-order valence-corrected chi connectivity index (χ1v) is 7.93. The summed E-state index contributed by atoms with van der Waals surface area (Å²) in [6.45, 7) is 3.45. The van der Waals surface area contributed by atoms with Crippen LogP contribution in [0.25, 0.3) is 11.1 Å². The highest BCUT2D eigenvalue weighted by atomic mass is 19.4. The number of esters is 2. The van der Waals surface area contributed by atoms with Gasteiger partial charge in [0, 0.05) is 0 Å². The molecule has 0 N–H and O–H groups in total. The Bertz CT molecular complexity index is 813. The van der Waals surface area contributed by atoms with Gasteiger partial charge in [-0.25, -0.2) is 9.59 Å². The molecule has 0 atom stereocenters. The molecule has 0 aliphatic carbocycles. The van der Waals surface area contributed by atoms with Crippen molar-refractivity contribution in [3.8, 4) is 11.1 Å². The number of benzene rings is 2. The molecule has 0 saturated heterocycles. The molecule has 0 unspecified atom stereocenters. The molecule has 0 amide bonds. The van der Waals surface area contributed by atoms with E-state index in [4.69, 9.17) is 9.47 Å². The lowest BCUT2D eigenvalue weighted by Gasteiger charge is -2.12. The maximum Gasteiger partial charge on any atom is 0.416 e. The van der Waals surface area contributed by atoms with E-state index >= 15 is 0 Å². The topological polar surface area (TPSA) is 52.6 Å². The first kappa shape index (κ1) is 19.5. The van der Waals surface area contributed by atoms with E-state index in [9.17, 15) is 22.8 Å². The molecule has 138 valence electrons. The molecule has 26 heavy (non-hydrogen) atoms. The van der Waals surface area contributed by atoms with Gasteiger partial charge in [-0.3, -0.25) is 0 Å². The minimum atomic E-state index is -4.48. The first-order valence-electron chi connectivity index (χ1n) is 7.93. The van der Waals surface area contributed by atoms with E-state index in [1.54, 1.807) is 13.8 Å². The molecular weight excluding hydrogens is 349 g/mol. The number of hydrogen-bond acceptors (Lipinski definition) is 4. The lowest BCUT2D eigenvalue weighted by Crippen LogP contribution is -2.14. The number of alkyl halides is 3. The standard InChI is InChI=1S/C19H17F3O4/c1-3-25-17(23)15-9-8-13(11-16(15)18(24)26-4-2)12-6-5-7-14(10-12)19(20,21)22/h5-11H,3-4H2,1-2H3. The Morgan fingerprint density at radius 1 is 0.846 bits per heavy atom. The molecule has 7 heteroatoms. The SMILES string of the molecule is CCOC(=O)c1ccc(-c2cccc(C(F)(F)F)c2)cc1C(=O)OCC. The molecule has 0 spiro atoms. The van der Waals surface area contributed by atoms with Gasteiger partial charge in [-0.15, -0.1) is 0 Å². The van der Waals surface area contributed by atoms with Crippen LogP contribution in [0.4, 0.5) is 13.2 Å². The summed E-state index contributed by atoms with van der Waals surface area (Å²) in [6, 6.07) is 8.85. The van der Waals surface area contributed by atoms with E-state index in [-0.39, 0.29) is 29.9 Å². The second-order valence-electron chi connectivity index (χ2n) is 5.28. The third-order valence-corrected chi connectivity index (χ3v) is 3.53. The minimum Gasteiger partial charge on any atom is -0.462 e. The fraction of sp³-hybridized carbons (Fsp3) is 0.263. The average Bonchev–Trinajstić information content (AvgIpc) is 2.61. The summed E-state index contributed by atoms with van der Waals surface area (Å²) in [5.74, 6) is -1.45. The maximum absolute atomic E-state index is 12.9. The summed E-state index contributed by atoms with van der Waals surface area (Å²) in [7, 11) is 0. The molecule has 0 aliphatic heterocycles. The molecule has 0 aliphatic rings. The van der Waals surface area contributed by atoms with Gasteiger partial charge < -0.3 is 9.47 Å².